The lowest BCUT2D eigenvalue weighted by atomic mass is 10.2. The maximum absolute atomic E-state index is 12.8. The Morgan fingerprint density at radius 3 is 2.74 bits per heavy atom. The number of aromatic nitrogens is 2. The van der Waals surface area contributed by atoms with Crippen LogP contribution < -0.4 is 5.56 Å². The maximum Gasteiger partial charge on any atom is 0.261 e. The van der Waals surface area contributed by atoms with Gasteiger partial charge in [-0.15, -0.1) is 0 Å². The monoisotopic (exact) mass is 313 g/mol. The number of amides is 1. The number of benzene rings is 1. The zero-order chi connectivity index (χ0) is 16.6. The fraction of sp³-hybridized carbons (Fsp3) is 0.500. The Kier molecular flexibility index (Phi) is 4.20. The van der Waals surface area contributed by atoms with E-state index in [-0.39, 0.29) is 23.4 Å². The molecule has 0 spiro atoms. The molecule has 0 bridgehead atoms. The molecule has 2 aromatic rings. The van der Waals surface area contributed by atoms with Crippen LogP contribution in [-0.2, 0) is 11.3 Å². The number of para-hydroxylation sites is 1. The number of rotatable bonds is 5. The van der Waals surface area contributed by atoms with Gasteiger partial charge in [0.05, 0.1) is 16.9 Å². The van der Waals surface area contributed by atoms with Crippen molar-refractivity contribution in [3.63, 3.8) is 0 Å². The lowest BCUT2D eigenvalue weighted by Crippen LogP contribution is -2.36. The van der Waals surface area contributed by atoms with E-state index in [0.717, 1.165) is 19.3 Å². The molecule has 0 saturated heterocycles. The van der Waals surface area contributed by atoms with Gasteiger partial charge >= 0.3 is 0 Å². The standard InChI is InChI=1S/C18H23N3O2/c1-4-11-21-16(12(2)20(3)17(22)13-9-10-13)19-15-8-6-5-7-14(15)18(21)23/h5-8,12-13H,4,9-11H2,1-3H3. The molecule has 5 nitrogen and oxygen atoms in total. The minimum atomic E-state index is -0.216. The first kappa shape index (κ1) is 15.7. The number of carbonyl (C=O) groups is 1. The summed E-state index contributed by atoms with van der Waals surface area (Å²) in [6, 6.07) is 7.18. The average Bonchev–Trinajstić information content (AvgIpc) is 3.40. The van der Waals surface area contributed by atoms with Crippen molar-refractivity contribution in [3.05, 3.63) is 40.4 Å². The Balaban J connectivity index is 2.08. The highest BCUT2D eigenvalue weighted by atomic mass is 16.2. The molecule has 1 amide bonds. The number of hydrogen-bond acceptors (Lipinski definition) is 3. The second-order valence-electron chi connectivity index (χ2n) is 6.34. The van der Waals surface area contributed by atoms with E-state index in [0.29, 0.717) is 23.3 Å². The van der Waals surface area contributed by atoms with Gasteiger partial charge in [-0.1, -0.05) is 19.1 Å². The second-order valence-corrected chi connectivity index (χ2v) is 6.34. The molecule has 1 atom stereocenters. The lowest BCUT2D eigenvalue weighted by Gasteiger charge is -2.27. The van der Waals surface area contributed by atoms with E-state index >= 15 is 0 Å². The fourth-order valence-corrected chi connectivity index (χ4v) is 2.93. The van der Waals surface area contributed by atoms with Crippen LogP contribution >= 0.6 is 0 Å². The van der Waals surface area contributed by atoms with Crippen molar-refractivity contribution in [1.29, 1.82) is 0 Å². The summed E-state index contributed by atoms with van der Waals surface area (Å²) in [6.45, 7) is 4.60. The molecule has 0 radical (unpaired) electrons. The molecule has 3 rings (SSSR count). The Labute approximate surface area is 135 Å². The first-order valence-corrected chi connectivity index (χ1v) is 8.30. The van der Waals surface area contributed by atoms with Gasteiger partial charge in [-0.05, 0) is 38.3 Å². The van der Waals surface area contributed by atoms with Gasteiger partial charge in [-0.25, -0.2) is 4.98 Å². The Hall–Kier alpha value is -2.17. The Morgan fingerprint density at radius 1 is 1.39 bits per heavy atom. The fourth-order valence-electron chi connectivity index (χ4n) is 2.93. The van der Waals surface area contributed by atoms with Crippen LogP contribution in [0.25, 0.3) is 10.9 Å². The van der Waals surface area contributed by atoms with Crippen molar-refractivity contribution >= 4 is 16.8 Å². The van der Waals surface area contributed by atoms with Crippen molar-refractivity contribution in [3.8, 4) is 0 Å². The van der Waals surface area contributed by atoms with Crippen LogP contribution in [0.15, 0.2) is 29.1 Å². The summed E-state index contributed by atoms with van der Waals surface area (Å²) < 4.78 is 1.73. The molecule has 1 fully saturated rings. The van der Waals surface area contributed by atoms with Crippen molar-refractivity contribution in [2.24, 2.45) is 5.92 Å². The van der Waals surface area contributed by atoms with E-state index in [1.807, 2.05) is 45.2 Å². The van der Waals surface area contributed by atoms with Gasteiger partial charge in [0, 0.05) is 19.5 Å². The average molecular weight is 313 g/mol. The molecule has 1 aromatic carbocycles. The Bertz CT molecular complexity index is 792. The van der Waals surface area contributed by atoms with E-state index in [9.17, 15) is 9.59 Å². The first-order valence-electron chi connectivity index (χ1n) is 8.30. The molecule has 122 valence electrons. The summed E-state index contributed by atoms with van der Waals surface area (Å²) in [4.78, 5) is 31.6. The quantitative estimate of drug-likeness (QED) is 0.853. The summed E-state index contributed by atoms with van der Waals surface area (Å²) in [7, 11) is 1.81. The molecule has 23 heavy (non-hydrogen) atoms. The van der Waals surface area contributed by atoms with Gasteiger partial charge in [0.2, 0.25) is 5.91 Å². The Morgan fingerprint density at radius 2 is 2.09 bits per heavy atom. The van der Waals surface area contributed by atoms with Crippen LogP contribution in [-0.4, -0.2) is 27.4 Å². The van der Waals surface area contributed by atoms with Crippen LogP contribution in [0.1, 0.15) is 45.0 Å². The second kappa shape index (κ2) is 6.14. The van der Waals surface area contributed by atoms with E-state index in [4.69, 9.17) is 4.98 Å². The first-order chi connectivity index (χ1) is 11.0. The third-order valence-electron chi connectivity index (χ3n) is 4.57. The number of fused-ring (bicyclic) bond motifs is 1. The zero-order valence-electron chi connectivity index (χ0n) is 14.0. The van der Waals surface area contributed by atoms with Crippen molar-refractivity contribution in [2.75, 3.05) is 7.05 Å². The largest absolute Gasteiger partial charge is 0.336 e. The van der Waals surface area contributed by atoms with Gasteiger partial charge in [-0.3, -0.25) is 14.2 Å². The molecule has 1 aromatic heterocycles. The molecule has 5 heteroatoms. The summed E-state index contributed by atoms with van der Waals surface area (Å²) in [6.07, 6.45) is 2.80. The third kappa shape index (κ3) is 2.87. The van der Waals surface area contributed by atoms with Crippen LogP contribution in [0, 0.1) is 5.92 Å². The number of nitrogens with zero attached hydrogens (tertiary/aromatic N) is 3. The van der Waals surface area contributed by atoms with Crippen molar-refractivity contribution < 1.29 is 4.79 Å². The highest BCUT2D eigenvalue weighted by Gasteiger charge is 2.34. The summed E-state index contributed by atoms with van der Waals surface area (Å²) in [5, 5.41) is 0.632. The summed E-state index contributed by atoms with van der Waals surface area (Å²) in [5.41, 5.74) is 0.672. The van der Waals surface area contributed by atoms with Crippen LogP contribution in [0.3, 0.4) is 0 Å². The smallest absolute Gasteiger partial charge is 0.261 e. The van der Waals surface area contributed by atoms with Gasteiger partial charge < -0.3 is 4.90 Å². The van der Waals surface area contributed by atoms with Crippen molar-refractivity contribution in [2.45, 2.75) is 45.7 Å². The number of carbonyl (C=O) groups excluding carboxylic acids is 1. The number of hydrogen-bond donors (Lipinski definition) is 0. The highest BCUT2D eigenvalue weighted by Crippen LogP contribution is 2.33. The van der Waals surface area contributed by atoms with Crippen molar-refractivity contribution in [1.82, 2.24) is 14.5 Å². The SMILES string of the molecule is CCCn1c(C(C)N(C)C(=O)C2CC2)nc2ccccc2c1=O. The lowest BCUT2D eigenvalue weighted by molar-refractivity contribution is -0.133. The molecule has 1 aliphatic rings. The van der Waals surface area contributed by atoms with Gasteiger partial charge in [-0.2, -0.15) is 0 Å². The zero-order valence-corrected chi connectivity index (χ0v) is 14.0. The van der Waals surface area contributed by atoms with Crippen LogP contribution in [0.5, 0.6) is 0 Å². The molecule has 0 aliphatic heterocycles. The molecule has 1 unspecified atom stereocenters. The predicted octanol–water partition coefficient (Wildman–Crippen LogP) is 2.74. The summed E-state index contributed by atoms with van der Waals surface area (Å²) in [5.74, 6) is 0.990. The molecule has 1 saturated carbocycles. The van der Waals surface area contributed by atoms with E-state index in [1.54, 1.807) is 9.47 Å². The van der Waals surface area contributed by atoms with E-state index < -0.39 is 0 Å². The molecular weight excluding hydrogens is 290 g/mol. The van der Waals surface area contributed by atoms with Gasteiger partial charge in [0.1, 0.15) is 5.82 Å². The minimum Gasteiger partial charge on any atom is -0.336 e. The van der Waals surface area contributed by atoms with Crippen LogP contribution in [0.4, 0.5) is 0 Å². The molecule has 1 heterocycles. The predicted molar refractivity (Wildman–Crippen MR) is 90.2 cm³/mol. The third-order valence-corrected chi connectivity index (χ3v) is 4.57. The van der Waals surface area contributed by atoms with Gasteiger partial charge in [0.25, 0.3) is 5.56 Å². The normalized spacial score (nSPS) is 15.6. The minimum absolute atomic E-state index is 0.0217. The molecule has 0 N–H and O–H groups in total. The topological polar surface area (TPSA) is 55.2 Å². The van der Waals surface area contributed by atoms with E-state index in [2.05, 4.69) is 0 Å². The highest BCUT2D eigenvalue weighted by molar-refractivity contribution is 5.81. The summed E-state index contributed by atoms with van der Waals surface area (Å²) >= 11 is 0. The molecular formula is C18H23N3O2. The van der Waals surface area contributed by atoms with Crippen LogP contribution in [0.2, 0.25) is 0 Å². The van der Waals surface area contributed by atoms with E-state index in [1.165, 1.54) is 0 Å². The molecule has 1 aliphatic carbocycles. The van der Waals surface area contributed by atoms with Gasteiger partial charge in [0.15, 0.2) is 0 Å². The maximum atomic E-state index is 12.8.